The van der Waals surface area contributed by atoms with Crippen molar-refractivity contribution in [2.75, 3.05) is 11.9 Å². The summed E-state index contributed by atoms with van der Waals surface area (Å²) in [4.78, 5) is 4.08. The van der Waals surface area contributed by atoms with Crippen LogP contribution in [0, 0.1) is 5.92 Å². The number of guanidine groups is 1. The van der Waals surface area contributed by atoms with Gasteiger partial charge in [-0.25, -0.2) is 0 Å². The van der Waals surface area contributed by atoms with E-state index < -0.39 is 6.36 Å². The minimum atomic E-state index is -4.74. The summed E-state index contributed by atoms with van der Waals surface area (Å²) >= 11 is 0. The van der Waals surface area contributed by atoms with E-state index in [9.17, 15) is 13.2 Å². The quantitative estimate of drug-likeness (QED) is 0.438. The van der Waals surface area contributed by atoms with Crippen LogP contribution in [0.4, 0.5) is 18.9 Å². The van der Waals surface area contributed by atoms with Gasteiger partial charge in [0, 0.05) is 6.54 Å². The van der Waals surface area contributed by atoms with Gasteiger partial charge in [0.15, 0.2) is 11.7 Å². The summed E-state index contributed by atoms with van der Waals surface area (Å²) in [7, 11) is 0. The maximum absolute atomic E-state index is 12.2. The van der Waals surface area contributed by atoms with Crippen molar-refractivity contribution in [3.63, 3.8) is 0 Å². The number of hydrogen-bond acceptors (Lipinski definition) is 2. The predicted molar refractivity (Wildman–Crippen MR) is 86.0 cm³/mol. The van der Waals surface area contributed by atoms with Crippen LogP contribution < -0.4 is 15.8 Å². The molecule has 4 nitrogen and oxygen atoms in total. The number of nitrogens with one attached hydrogen (secondary N) is 1. The Morgan fingerprint density at radius 3 is 2.62 bits per heavy atom. The number of para-hydroxylation sites is 2. The first-order chi connectivity index (χ1) is 9.44. The van der Waals surface area contributed by atoms with E-state index in [1.165, 1.54) is 31.0 Å². The van der Waals surface area contributed by atoms with E-state index in [2.05, 4.69) is 15.0 Å². The Morgan fingerprint density at radius 1 is 1.33 bits per heavy atom. The zero-order chi connectivity index (χ0) is 14.6. The third-order valence-corrected chi connectivity index (χ3v) is 2.89. The minimum absolute atomic E-state index is 0. The Bertz CT molecular complexity index is 490. The van der Waals surface area contributed by atoms with Crippen LogP contribution in [0.2, 0.25) is 0 Å². The lowest BCUT2D eigenvalue weighted by atomic mass is 10.3. The maximum Gasteiger partial charge on any atom is 0.573 e. The summed E-state index contributed by atoms with van der Waals surface area (Å²) < 4.78 is 40.7. The molecular weight excluding hydrogens is 398 g/mol. The smallest absolute Gasteiger partial charge is 0.404 e. The number of nitrogens with two attached hydrogens (primary N) is 1. The van der Waals surface area contributed by atoms with E-state index in [1.54, 1.807) is 6.07 Å². The second-order valence-electron chi connectivity index (χ2n) is 4.67. The topological polar surface area (TPSA) is 59.6 Å². The second kappa shape index (κ2) is 7.71. The summed E-state index contributed by atoms with van der Waals surface area (Å²) in [6.45, 7) is 0.575. The number of nitrogens with zero attached hydrogens (tertiary/aromatic N) is 1. The molecule has 0 spiro atoms. The van der Waals surface area contributed by atoms with Crippen molar-refractivity contribution >= 4 is 35.6 Å². The van der Waals surface area contributed by atoms with Crippen LogP contribution in [0.25, 0.3) is 0 Å². The molecule has 0 unspecified atom stereocenters. The molecule has 0 bridgehead atoms. The van der Waals surface area contributed by atoms with Gasteiger partial charge in [-0.15, -0.1) is 37.1 Å². The van der Waals surface area contributed by atoms with E-state index in [-0.39, 0.29) is 41.4 Å². The lowest BCUT2D eigenvalue weighted by Gasteiger charge is -2.14. The Morgan fingerprint density at radius 2 is 2.00 bits per heavy atom. The molecule has 1 aliphatic rings. The number of benzene rings is 1. The lowest BCUT2D eigenvalue weighted by Crippen LogP contribution is -2.24. The Labute approximate surface area is 138 Å². The van der Waals surface area contributed by atoms with Gasteiger partial charge in [-0.05, 0) is 24.5 Å². The molecule has 2 rings (SSSR count). The number of halogens is 4. The normalized spacial score (nSPS) is 15.3. The van der Waals surface area contributed by atoms with Crippen LogP contribution in [0.3, 0.4) is 0 Å². The van der Waals surface area contributed by atoms with Crippen molar-refractivity contribution < 1.29 is 17.9 Å². The highest BCUT2D eigenvalue weighted by atomic mass is 127. The van der Waals surface area contributed by atoms with Crippen LogP contribution in [0.15, 0.2) is 29.3 Å². The molecule has 1 saturated carbocycles. The van der Waals surface area contributed by atoms with E-state index in [0.29, 0.717) is 6.54 Å². The highest BCUT2D eigenvalue weighted by molar-refractivity contribution is 14.0. The van der Waals surface area contributed by atoms with Gasteiger partial charge >= 0.3 is 6.36 Å². The van der Waals surface area contributed by atoms with Crippen molar-refractivity contribution in [3.8, 4) is 5.75 Å². The number of hydrogen-bond donors (Lipinski definition) is 2. The van der Waals surface area contributed by atoms with Crippen molar-refractivity contribution in [2.45, 2.75) is 25.6 Å². The molecule has 0 amide bonds. The zero-order valence-electron chi connectivity index (χ0n) is 11.2. The zero-order valence-corrected chi connectivity index (χ0v) is 13.5. The number of aliphatic imine (C=N–C) groups is 1. The third-order valence-electron chi connectivity index (χ3n) is 2.89. The molecular formula is C13H17F3IN3O. The SMILES string of the molecule is I.NC(=NCCC1CC1)Nc1ccccc1OC(F)(F)F. The summed E-state index contributed by atoms with van der Waals surface area (Å²) in [5, 5.41) is 2.63. The molecule has 8 heteroatoms. The minimum Gasteiger partial charge on any atom is -0.404 e. The molecule has 0 radical (unpaired) electrons. The molecule has 0 atom stereocenters. The molecule has 0 aliphatic heterocycles. The summed E-state index contributed by atoms with van der Waals surface area (Å²) in [6.07, 6.45) is -1.32. The van der Waals surface area contributed by atoms with Crippen LogP contribution in [0.1, 0.15) is 19.3 Å². The van der Waals surface area contributed by atoms with E-state index in [1.807, 2.05) is 0 Å². The van der Waals surface area contributed by atoms with E-state index >= 15 is 0 Å². The van der Waals surface area contributed by atoms with Crippen molar-refractivity contribution in [1.29, 1.82) is 0 Å². The van der Waals surface area contributed by atoms with Crippen LogP contribution in [-0.4, -0.2) is 18.9 Å². The number of alkyl halides is 3. The first-order valence-corrected chi connectivity index (χ1v) is 6.36. The van der Waals surface area contributed by atoms with E-state index in [0.717, 1.165) is 12.3 Å². The average molecular weight is 415 g/mol. The van der Waals surface area contributed by atoms with Gasteiger partial charge in [-0.3, -0.25) is 4.99 Å². The largest absolute Gasteiger partial charge is 0.573 e. The van der Waals surface area contributed by atoms with Gasteiger partial charge in [0.25, 0.3) is 0 Å². The molecule has 3 N–H and O–H groups in total. The van der Waals surface area contributed by atoms with Gasteiger partial charge in [0.2, 0.25) is 0 Å². The standard InChI is InChI=1S/C13H16F3N3O.HI/c14-13(15,16)20-11-4-2-1-3-10(11)19-12(17)18-8-7-9-5-6-9;/h1-4,9H,5-8H2,(H3,17,18,19);1H. The molecule has 1 aliphatic carbocycles. The molecule has 118 valence electrons. The van der Waals surface area contributed by atoms with E-state index in [4.69, 9.17) is 5.73 Å². The first kappa shape index (κ1) is 17.9. The fraction of sp³-hybridized carbons (Fsp3) is 0.462. The summed E-state index contributed by atoms with van der Waals surface area (Å²) in [6, 6.07) is 5.70. The number of anilines is 1. The molecule has 0 aromatic heterocycles. The highest BCUT2D eigenvalue weighted by Gasteiger charge is 2.32. The lowest BCUT2D eigenvalue weighted by molar-refractivity contribution is -0.274. The molecule has 1 aromatic carbocycles. The van der Waals surface area contributed by atoms with Gasteiger partial charge in [0.1, 0.15) is 0 Å². The Kier molecular flexibility index (Phi) is 6.56. The summed E-state index contributed by atoms with van der Waals surface area (Å²) in [5.41, 5.74) is 5.78. The van der Waals surface area contributed by atoms with Crippen LogP contribution >= 0.6 is 24.0 Å². The Hall–Kier alpha value is -1.19. The molecule has 1 fully saturated rings. The van der Waals surface area contributed by atoms with Gasteiger partial charge in [0.05, 0.1) is 5.69 Å². The van der Waals surface area contributed by atoms with Gasteiger partial charge < -0.3 is 15.8 Å². The van der Waals surface area contributed by atoms with Crippen molar-refractivity contribution in [2.24, 2.45) is 16.6 Å². The third kappa shape index (κ3) is 6.87. The average Bonchev–Trinajstić information content (AvgIpc) is 3.14. The summed E-state index contributed by atoms with van der Waals surface area (Å²) in [5.74, 6) is 0.483. The van der Waals surface area contributed by atoms with Crippen molar-refractivity contribution in [1.82, 2.24) is 0 Å². The fourth-order valence-corrected chi connectivity index (χ4v) is 1.74. The van der Waals surface area contributed by atoms with Crippen LogP contribution in [-0.2, 0) is 0 Å². The monoisotopic (exact) mass is 415 g/mol. The van der Waals surface area contributed by atoms with Crippen molar-refractivity contribution in [3.05, 3.63) is 24.3 Å². The molecule has 0 saturated heterocycles. The number of ether oxygens (including phenoxy) is 1. The highest BCUT2D eigenvalue weighted by Crippen LogP contribution is 2.32. The Balaban J connectivity index is 0.00000220. The number of rotatable bonds is 5. The van der Waals surface area contributed by atoms with Crippen LogP contribution in [0.5, 0.6) is 5.75 Å². The molecule has 21 heavy (non-hydrogen) atoms. The molecule has 0 heterocycles. The molecule has 1 aromatic rings. The predicted octanol–water partition coefficient (Wildman–Crippen LogP) is 3.73. The fourth-order valence-electron chi connectivity index (χ4n) is 1.74. The first-order valence-electron chi connectivity index (χ1n) is 6.36. The van der Waals surface area contributed by atoms with Gasteiger partial charge in [-0.1, -0.05) is 25.0 Å². The second-order valence-corrected chi connectivity index (χ2v) is 4.67. The van der Waals surface area contributed by atoms with Gasteiger partial charge in [-0.2, -0.15) is 0 Å². The maximum atomic E-state index is 12.2.